The van der Waals surface area contributed by atoms with Crippen molar-refractivity contribution in [3.05, 3.63) is 44.0 Å². The van der Waals surface area contributed by atoms with Crippen molar-refractivity contribution >= 4 is 52.1 Å². The monoisotopic (exact) mass is 1730 g/mol. The predicted molar refractivity (Wildman–Crippen MR) is 411 cm³/mol. The molecule has 6 aliphatic carbocycles. The molecule has 0 spiro atoms. The van der Waals surface area contributed by atoms with Crippen molar-refractivity contribution in [2.24, 2.45) is 23.7 Å². The van der Waals surface area contributed by atoms with Gasteiger partial charge in [0, 0.05) is 55.2 Å². The molecular weight excluding hydrogens is 1610 g/mol. The van der Waals surface area contributed by atoms with E-state index in [9.17, 15) is 86.2 Å². The van der Waals surface area contributed by atoms with E-state index in [0.29, 0.717) is 0 Å². The summed E-state index contributed by atoms with van der Waals surface area (Å²) in [4.78, 5) is 90.0. The standard InChI is InChI=1S/C85H114O37/c1-14-22-82(104)78(120-45-18-16-43(30(3)110-45)116-47-20-24-80(102,34(7)86)36(9)114-47)68(98)71(118-49-28-41(88)60(90)32(5)112-49)40-27-38-26-39-52(62(92)51(38)76(100)84(40,82)105)63(93)56(74(109-13)70(39)107-11)55-64(94)53-54(67(97)73(55)108-12)65(95)57-58(66(53)96)77(101)85(106)59-72(57)122-83(85,23-15-2)79(69(99)75(59)119-50-29-42(89)61(91)33(6)113-50)121-46-19-17-44(31(4)111-46)117-48-21-25-81(103,35(8)87)37(10)115-48/h26,30-33,36-38,40-51,59-61,68-69,71-72,75,78-79,88-91,93,95-99,102-106H,14-25,27-29H2,1-13H3/t30-,31-,32+,33+,36-,37-,38?,40?,41-,42-,43+,44+,45+,46+,47-,48-,49+,50?,51?,59?,60+,61+,68?,69?,71?,72?,75?,78?,79?,80+,81+,82?,83?,84?,85?/m1/s1. The molecule has 16 unspecified atom stereocenters. The molecule has 7 saturated heterocycles. The second-order valence-electron chi connectivity index (χ2n) is 35.4. The zero-order chi connectivity index (χ0) is 88.5. The van der Waals surface area contributed by atoms with Crippen LogP contribution >= 0.6 is 0 Å². The van der Waals surface area contributed by atoms with E-state index in [1.807, 2.05) is 0 Å². The average Bonchev–Trinajstić information content (AvgIpc) is 1.44. The summed E-state index contributed by atoms with van der Waals surface area (Å²) in [6.45, 7) is 15.1. The first-order valence-corrected chi connectivity index (χ1v) is 42.3. The first kappa shape index (κ1) is 90.4. The van der Waals surface area contributed by atoms with Gasteiger partial charge in [0.15, 0.2) is 95.1 Å². The summed E-state index contributed by atoms with van der Waals surface area (Å²) in [6.07, 6.45) is -33.4. The molecule has 35 atom stereocenters. The quantitative estimate of drug-likeness (QED) is 0.0459. The third kappa shape index (κ3) is 13.7. The van der Waals surface area contributed by atoms with Gasteiger partial charge in [-0.05, 0) is 106 Å². The van der Waals surface area contributed by atoms with Crippen molar-refractivity contribution in [1.29, 1.82) is 0 Å². The van der Waals surface area contributed by atoms with Gasteiger partial charge < -0.3 is 152 Å². The Hall–Kier alpha value is -6.42. The summed E-state index contributed by atoms with van der Waals surface area (Å²) in [5, 5.41) is 185. The normalized spacial score (nSPS) is 45.3. The molecule has 3 saturated carbocycles. The molecule has 122 heavy (non-hydrogen) atoms. The first-order chi connectivity index (χ1) is 57.5. The zero-order valence-corrected chi connectivity index (χ0v) is 70.1. The minimum absolute atomic E-state index is 0.00699. The van der Waals surface area contributed by atoms with E-state index in [0.717, 1.165) is 21.3 Å². The number of aliphatic hydroxyl groups is 12. The number of aliphatic hydroxyl groups excluding tert-OH is 7. The lowest BCUT2D eigenvalue weighted by Gasteiger charge is -2.62. The van der Waals surface area contributed by atoms with Crippen LogP contribution in [0.15, 0.2) is 5.76 Å². The highest BCUT2D eigenvalue weighted by Gasteiger charge is 2.82. The van der Waals surface area contributed by atoms with Crippen molar-refractivity contribution in [2.45, 2.75) is 353 Å². The Labute approximate surface area is 701 Å². The number of rotatable bonds is 21. The fraction of sp³-hybridized carbons (Fsp3) is 0.741. The number of hydrogen-bond donors (Lipinski definition) is 15. The third-order valence-electron chi connectivity index (χ3n) is 28.7. The van der Waals surface area contributed by atoms with E-state index >= 15 is 19.2 Å². The molecule has 2 aromatic rings. The largest absolute Gasteiger partial charge is 0.507 e. The van der Waals surface area contributed by atoms with Crippen LogP contribution < -0.4 is 19.9 Å². The predicted octanol–water partition coefficient (Wildman–Crippen LogP) is 0.469. The van der Waals surface area contributed by atoms with Gasteiger partial charge in [-0.2, -0.15) is 0 Å². The lowest BCUT2D eigenvalue weighted by molar-refractivity contribution is -0.363. The number of Topliss-reactive ketones (excluding diaryl/α,β-unsaturated/α-hetero) is 6. The van der Waals surface area contributed by atoms with E-state index < -0.39 is 350 Å². The molecule has 2 aromatic carbocycles. The Bertz CT molecular complexity index is 4600. The van der Waals surface area contributed by atoms with Crippen molar-refractivity contribution in [1.82, 2.24) is 0 Å². The van der Waals surface area contributed by atoms with Gasteiger partial charge in [0.25, 0.3) is 0 Å². The van der Waals surface area contributed by atoms with E-state index in [2.05, 4.69) is 0 Å². The van der Waals surface area contributed by atoms with Crippen LogP contribution in [0.3, 0.4) is 0 Å². The molecule has 15 rings (SSSR count). The number of aromatic hydroxyl groups is 3. The molecule has 13 aliphatic rings. The summed E-state index contributed by atoms with van der Waals surface area (Å²) < 4.78 is 101. The Kier molecular flexibility index (Phi) is 24.5. The topological polar surface area (TPSA) is 554 Å². The number of ketones is 6. The molecule has 15 N–H and O–H groups in total. The van der Waals surface area contributed by atoms with Gasteiger partial charge in [-0.1, -0.05) is 32.8 Å². The van der Waals surface area contributed by atoms with Crippen molar-refractivity contribution in [2.75, 3.05) is 21.3 Å². The molecule has 676 valence electrons. The number of methoxy groups -OCH3 is 3. The Morgan fingerprint density at radius 3 is 1.49 bits per heavy atom. The summed E-state index contributed by atoms with van der Waals surface area (Å²) in [7, 11) is 3.14. The summed E-state index contributed by atoms with van der Waals surface area (Å²) >= 11 is 0. The summed E-state index contributed by atoms with van der Waals surface area (Å²) in [6, 6.07) is 0. The number of phenols is 3. The fourth-order valence-electron chi connectivity index (χ4n) is 22.2. The van der Waals surface area contributed by atoms with Crippen LogP contribution in [-0.2, 0) is 80.7 Å². The van der Waals surface area contributed by atoms with Gasteiger partial charge >= 0.3 is 0 Å². The Morgan fingerprint density at radius 1 is 0.508 bits per heavy atom. The van der Waals surface area contributed by atoms with Gasteiger partial charge in [-0.25, -0.2) is 0 Å². The van der Waals surface area contributed by atoms with Crippen LogP contribution in [0.5, 0.6) is 28.7 Å². The minimum Gasteiger partial charge on any atom is -0.507 e. The van der Waals surface area contributed by atoms with E-state index in [1.54, 1.807) is 41.5 Å². The molecule has 37 nitrogen and oxygen atoms in total. The molecule has 4 bridgehead atoms. The number of allylic oxidation sites excluding steroid dienone is 1. The second-order valence-corrected chi connectivity index (χ2v) is 35.4. The number of carbonyl (C=O) groups excluding carboxylic acids is 6. The van der Waals surface area contributed by atoms with Gasteiger partial charge in [-0.3, -0.25) is 28.8 Å². The number of hydrogen-bond acceptors (Lipinski definition) is 37. The van der Waals surface area contributed by atoms with Crippen molar-refractivity contribution in [3.63, 3.8) is 0 Å². The maximum absolute atomic E-state index is 16.4. The van der Waals surface area contributed by atoms with E-state index in [-0.39, 0.29) is 75.8 Å². The van der Waals surface area contributed by atoms with Crippen molar-refractivity contribution in [3.8, 4) is 28.7 Å². The molecule has 7 heterocycles. The van der Waals surface area contributed by atoms with Crippen LogP contribution in [-0.4, -0.2) is 314 Å². The number of carbonyl (C=O) groups is 6. The maximum atomic E-state index is 16.4. The van der Waals surface area contributed by atoms with E-state index in [4.69, 9.17) is 75.8 Å². The SMILES string of the molecule is CCCC1(O)C(O[C@H]2CC[C@H](O[C@@H]3CC[C@](O)(C(C)=O)[C@@H](C)O3)[C@@H](C)O2)C(O)C(O[C@H]2C[C@@H](O)[C@@H](O)[C@H](C)O2)C2CC3C=c4c(OC)c(OC)c(=C5C(=O)c6c(O)c7c(c(O)c6C(O)=C5OC)C5OC6(CCC)C(O[C@H]8CC[C@H](O[C@@H]9CC[C@](O)(C(C)=O)[C@@H](C)O9)[C@@H](C)O8)C(O)C(OC8C[C@@H](O)[C@@H](O)[C@H](C)O8)C5C6(O)C7=O)c(O)c4C(=O)C3C(=O)C21O. The van der Waals surface area contributed by atoms with Crippen LogP contribution in [0.2, 0.25) is 0 Å². The van der Waals surface area contributed by atoms with Crippen LogP contribution in [0.4, 0.5) is 0 Å². The van der Waals surface area contributed by atoms with Gasteiger partial charge in [0.2, 0.25) is 11.6 Å². The molecule has 0 aromatic heterocycles. The average molecular weight is 1730 g/mol. The highest BCUT2D eigenvalue weighted by Crippen LogP contribution is 2.69. The van der Waals surface area contributed by atoms with Crippen LogP contribution in [0.1, 0.15) is 214 Å². The van der Waals surface area contributed by atoms with Gasteiger partial charge in [0.1, 0.15) is 76.3 Å². The Morgan fingerprint density at radius 2 is 1.01 bits per heavy atom. The minimum atomic E-state index is -3.18. The number of phenolic OH excluding ortho intramolecular Hbond substituents is 3. The summed E-state index contributed by atoms with van der Waals surface area (Å²) in [5.74, 6) is -20.2. The lowest BCUT2D eigenvalue weighted by Crippen LogP contribution is -2.81. The smallest absolute Gasteiger partial charge is 0.202 e. The van der Waals surface area contributed by atoms with Crippen LogP contribution in [0.25, 0.3) is 17.4 Å². The number of fused-ring (bicyclic) bond motifs is 6. The molecule has 0 amide bonds. The highest BCUT2D eigenvalue weighted by atomic mass is 16.8. The highest BCUT2D eigenvalue weighted by molar-refractivity contribution is 6.35. The van der Waals surface area contributed by atoms with E-state index in [1.165, 1.54) is 33.8 Å². The number of benzene rings is 2. The molecule has 0 radical (unpaired) electrons. The maximum Gasteiger partial charge on any atom is 0.202 e. The molecular formula is C85H114O37. The zero-order valence-electron chi connectivity index (χ0n) is 70.1. The van der Waals surface area contributed by atoms with Gasteiger partial charge in [0.05, 0.1) is 146 Å². The molecule has 37 heteroatoms. The number of ether oxygens (including phenoxy) is 16. The van der Waals surface area contributed by atoms with Gasteiger partial charge in [-0.15, -0.1) is 0 Å². The summed E-state index contributed by atoms with van der Waals surface area (Å²) in [5.41, 5.74) is -20.3. The Balaban J connectivity index is 0.800. The third-order valence-corrected chi connectivity index (χ3v) is 28.7. The molecule has 7 aliphatic heterocycles. The first-order valence-electron chi connectivity index (χ1n) is 42.3. The molecule has 10 fully saturated rings. The van der Waals surface area contributed by atoms with Crippen molar-refractivity contribution < 1.29 is 181 Å². The van der Waals surface area contributed by atoms with Crippen LogP contribution in [0, 0.1) is 23.7 Å². The fourth-order valence-corrected chi connectivity index (χ4v) is 22.2. The lowest BCUT2D eigenvalue weighted by atomic mass is 9.50. The second kappa shape index (κ2) is 33.0.